The number of rotatable bonds is 4. The minimum absolute atomic E-state index is 0.0508. The molecule has 2 aromatic heterocycles. The number of benzene rings is 3. The predicted molar refractivity (Wildman–Crippen MR) is 145 cm³/mol. The Kier molecular flexibility index (Phi) is 5.64. The molecule has 0 spiro atoms. The second kappa shape index (κ2) is 9.03. The SMILES string of the molecule is CC(C)Cn1c(=O)c([C@H]2CC(=O)Oc3ccc4c(=O)c(-c5ccc(O)cc5)coc4c32)cc2ccccc21. The van der Waals surface area contributed by atoms with Crippen molar-refractivity contribution in [2.75, 3.05) is 0 Å². The topological polar surface area (TPSA) is 98.7 Å². The molecule has 0 saturated carbocycles. The smallest absolute Gasteiger partial charge is 0.312 e. The van der Waals surface area contributed by atoms with Gasteiger partial charge >= 0.3 is 5.97 Å². The third kappa shape index (κ3) is 3.87. The number of pyridine rings is 1. The Labute approximate surface area is 217 Å². The van der Waals surface area contributed by atoms with E-state index in [1.165, 1.54) is 18.4 Å². The lowest BCUT2D eigenvalue weighted by Crippen LogP contribution is -2.31. The quantitative estimate of drug-likeness (QED) is 0.252. The highest BCUT2D eigenvalue weighted by molar-refractivity contribution is 5.90. The summed E-state index contributed by atoms with van der Waals surface area (Å²) in [6, 6.07) is 19.0. The van der Waals surface area contributed by atoms with Crippen LogP contribution in [0.4, 0.5) is 0 Å². The van der Waals surface area contributed by atoms with Gasteiger partial charge in [-0.1, -0.05) is 44.2 Å². The molecule has 0 fully saturated rings. The molecule has 1 atom stereocenters. The van der Waals surface area contributed by atoms with Gasteiger partial charge in [-0.15, -0.1) is 0 Å². The first-order valence-electron chi connectivity index (χ1n) is 12.5. The Hall–Kier alpha value is -4.65. The van der Waals surface area contributed by atoms with E-state index in [-0.39, 0.29) is 40.4 Å². The van der Waals surface area contributed by atoms with Gasteiger partial charge in [0.25, 0.3) is 5.56 Å². The van der Waals surface area contributed by atoms with Crippen LogP contribution in [0, 0.1) is 5.92 Å². The number of ether oxygens (including phenoxy) is 1. The van der Waals surface area contributed by atoms with E-state index in [1.807, 2.05) is 30.3 Å². The number of aromatic nitrogens is 1. The van der Waals surface area contributed by atoms with Crippen molar-refractivity contribution >= 4 is 27.8 Å². The number of nitrogens with zero attached hydrogens (tertiary/aromatic N) is 1. The van der Waals surface area contributed by atoms with Gasteiger partial charge in [-0.2, -0.15) is 0 Å². The number of hydrogen-bond donors (Lipinski definition) is 1. The van der Waals surface area contributed by atoms with Crippen LogP contribution >= 0.6 is 0 Å². The molecule has 0 radical (unpaired) electrons. The standard InChI is InChI=1S/C31H25NO6/c1-17(2)15-32-25-6-4-3-5-19(25)13-23(31(32)36)22-14-27(34)38-26-12-11-21-29(35)24(16-37-30(21)28(22)26)18-7-9-20(33)10-8-18/h3-13,16-17,22,33H,14-15H2,1-2H3/t22-/m1/s1. The molecule has 0 unspecified atom stereocenters. The number of phenols is 1. The van der Waals surface area contributed by atoms with E-state index in [0.717, 1.165) is 10.9 Å². The Bertz CT molecular complexity index is 1850. The zero-order chi connectivity index (χ0) is 26.6. The number of aromatic hydroxyl groups is 1. The lowest BCUT2D eigenvalue weighted by atomic mass is 9.85. The molecule has 0 amide bonds. The van der Waals surface area contributed by atoms with Crippen LogP contribution in [-0.2, 0) is 11.3 Å². The van der Waals surface area contributed by atoms with Crippen LogP contribution in [0.2, 0.25) is 0 Å². The summed E-state index contributed by atoms with van der Waals surface area (Å²) in [6.45, 7) is 4.63. The van der Waals surface area contributed by atoms with Crippen molar-refractivity contribution in [3.8, 4) is 22.6 Å². The lowest BCUT2D eigenvalue weighted by molar-refractivity contribution is -0.135. The summed E-state index contributed by atoms with van der Waals surface area (Å²) in [5.74, 6) is -0.494. The molecule has 1 N–H and O–H groups in total. The largest absolute Gasteiger partial charge is 0.508 e. The molecule has 5 aromatic rings. The van der Waals surface area contributed by atoms with Crippen LogP contribution in [0.3, 0.4) is 0 Å². The second-order valence-corrected chi connectivity index (χ2v) is 10.1. The molecule has 1 aliphatic heterocycles. The minimum Gasteiger partial charge on any atom is -0.508 e. The van der Waals surface area contributed by atoms with Crippen molar-refractivity contribution in [3.05, 3.63) is 105 Å². The first-order chi connectivity index (χ1) is 18.3. The maximum Gasteiger partial charge on any atom is 0.312 e. The van der Waals surface area contributed by atoms with Crippen molar-refractivity contribution in [2.45, 2.75) is 32.7 Å². The van der Waals surface area contributed by atoms with E-state index in [4.69, 9.17) is 9.15 Å². The van der Waals surface area contributed by atoms with Crippen LogP contribution < -0.4 is 15.7 Å². The first-order valence-corrected chi connectivity index (χ1v) is 12.5. The summed E-state index contributed by atoms with van der Waals surface area (Å²) in [4.78, 5) is 40.1. The Morgan fingerprint density at radius 1 is 1.00 bits per heavy atom. The zero-order valence-corrected chi connectivity index (χ0v) is 20.9. The normalized spacial score (nSPS) is 15.1. The number of phenolic OH excluding ortho intramolecular Hbond substituents is 1. The highest BCUT2D eigenvalue weighted by Gasteiger charge is 2.34. The number of hydrogen-bond acceptors (Lipinski definition) is 6. The number of para-hydroxylation sites is 1. The molecule has 0 saturated heterocycles. The average molecular weight is 508 g/mol. The molecule has 7 heteroatoms. The van der Waals surface area contributed by atoms with Crippen LogP contribution in [0.25, 0.3) is 33.0 Å². The summed E-state index contributed by atoms with van der Waals surface area (Å²) >= 11 is 0. The van der Waals surface area contributed by atoms with Gasteiger partial charge in [-0.05, 0) is 53.3 Å². The van der Waals surface area contributed by atoms with Crippen LogP contribution in [0.5, 0.6) is 11.5 Å². The molecule has 3 heterocycles. The van der Waals surface area contributed by atoms with Gasteiger partial charge < -0.3 is 18.8 Å². The van der Waals surface area contributed by atoms with Crippen LogP contribution in [0.1, 0.15) is 37.3 Å². The van der Waals surface area contributed by atoms with E-state index >= 15 is 0 Å². The van der Waals surface area contributed by atoms with Crippen molar-refractivity contribution in [1.29, 1.82) is 0 Å². The third-order valence-corrected chi connectivity index (χ3v) is 7.02. The molecule has 38 heavy (non-hydrogen) atoms. The van der Waals surface area contributed by atoms with E-state index < -0.39 is 11.9 Å². The van der Waals surface area contributed by atoms with Gasteiger partial charge in [-0.3, -0.25) is 14.4 Å². The molecule has 0 aliphatic carbocycles. The maximum absolute atomic E-state index is 13.9. The molecule has 3 aromatic carbocycles. The number of fused-ring (bicyclic) bond motifs is 4. The van der Waals surface area contributed by atoms with Gasteiger partial charge in [0.15, 0.2) is 0 Å². The average Bonchev–Trinajstić information content (AvgIpc) is 2.90. The summed E-state index contributed by atoms with van der Waals surface area (Å²) in [5, 5.41) is 10.8. The number of carbonyl (C=O) groups is 1. The predicted octanol–water partition coefficient (Wildman–Crippen LogP) is 5.58. The Morgan fingerprint density at radius 3 is 2.53 bits per heavy atom. The third-order valence-electron chi connectivity index (χ3n) is 7.02. The highest BCUT2D eigenvalue weighted by Crippen LogP contribution is 2.42. The van der Waals surface area contributed by atoms with E-state index in [2.05, 4.69) is 13.8 Å². The van der Waals surface area contributed by atoms with Crippen molar-refractivity contribution in [1.82, 2.24) is 4.57 Å². The maximum atomic E-state index is 13.9. The van der Waals surface area contributed by atoms with Gasteiger partial charge in [0.1, 0.15) is 23.3 Å². The van der Waals surface area contributed by atoms with Gasteiger partial charge in [-0.25, -0.2) is 0 Å². The summed E-state index contributed by atoms with van der Waals surface area (Å²) in [5.41, 5.74) is 2.60. The van der Waals surface area contributed by atoms with Crippen LogP contribution in [0.15, 0.2) is 87.0 Å². The second-order valence-electron chi connectivity index (χ2n) is 10.1. The number of carbonyl (C=O) groups excluding carboxylic acids is 1. The molecule has 6 rings (SSSR count). The van der Waals surface area contributed by atoms with Gasteiger partial charge in [0.2, 0.25) is 5.43 Å². The summed E-state index contributed by atoms with van der Waals surface area (Å²) in [7, 11) is 0. The van der Waals surface area contributed by atoms with E-state index in [9.17, 15) is 19.5 Å². The van der Waals surface area contributed by atoms with Crippen molar-refractivity contribution < 1.29 is 19.1 Å². The number of esters is 1. The fraction of sp³-hybridized carbons (Fsp3) is 0.194. The summed E-state index contributed by atoms with van der Waals surface area (Å²) in [6.07, 6.45) is 1.33. The van der Waals surface area contributed by atoms with Gasteiger partial charge in [0, 0.05) is 23.6 Å². The lowest BCUT2D eigenvalue weighted by Gasteiger charge is -2.26. The molecule has 0 bridgehead atoms. The summed E-state index contributed by atoms with van der Waals surface area (Å²) < 4.78 is 13.4. The first kappa shape index (κ1) is 23.7. The van der Waals surface area contributed by atoms with Crippen LogP contribution in [-0.4, -0.2) is 15.6 Å². The zero-order valence-electron chi connectivity index (χ0n) is 20.9. The monoisotopic (exact) mass is 507 g/mol. The fourth-order valence-electron chi connectivity index (χ4n) is 5.31. The van der Waals surface area contributed by atoms with E-state index in [0.29, 0.717) is 34.2 Å². The molecule has 7 nitrogen and oxygen atoms in total. The Morgan fingerprint density at radius 2 is 1.76 bits per heavy atom. The molecular formula is C31H25NO6. The molecule has 190 valence electrons. The minimum atomic E-state index is -0.645. The fourth-order valence-corrected chi connectivity index (χ4v) is 5.31. The molecule has 1 aliphatic rings. The van der Waals surface area contributed by atoms with Crippen molar-refractivity contribution in [2.24, 2.45) is 5.92 Å². The van der Waals surface area contributed by atoms with Crippen molar-refractivity contribution in [3.63, 3.8) is 0 Å². The van der Waals surface area contributed by atoms with E-state index in [1.54, 1.807) is 28.8 Å². The Balaban J connectivity index is 1.60. The highest BCUT2D eigenvalue weighted by atomic mass is 16.5. The van der Waals surface area contributed by atoms with Gasteiger partial charge in [0.05, 0.1) is 22.9 Å². The molecular weight excluding hydrogens is 482 g/mol.